The van der Waals surface area contributed by atoms with Gasteiger partial charge in [0.15, 0.2) is 12.6 Å². The minimum absolute atomic E-state index is 0.0324. The highest BCUT2D eigenvalue weighted by molar-refractivity contribution is 5.20. The molecule has 2 saturated heterocycles. The van der Waals surface area contributed by atoms with Crippen LogP contribution in [0.2, 0.25) is 0 Å². The van der Waals surface area contributed by atoms with Crippen LogP contribution < -0.4 is 0 Å². The van der Waals surface area contributed by atoms with Crippen molar-refractivity contribution in [3.63, 3.8) is 0 Å². The number of hydrogen-bond acceptors (Lipinski definition) is 13. The van der Waals surface area contributed by atoms with Crippen LogP contribution in [0.15, 0.2) is 0 Å². The summed E-state index contributed by atoms with van der Waals surface area (Å²) in [4.78, 5) is 0. The highest BCUT2D eigenvalue weighted by Gasteiger charge is 2.70. The average molecular weight is 745 g/mol. The molecular formula is C39H68O13. The average Bonchev–Trinajstić information content (AvgIpc) is 3.53. The van der Waals surface area contributed by atoms with Crippen molar-refractivity contribution in [1.82, 2.24) is 0 Å². The van der Waals surface area contributed by atoms with Gasteiger partial charge in [-0.1, -0.05) is 34.6 Å². The van der Waals surface area contributed by atoms with E-state index in [4.69, 9.17) is 28.4 Å². The summed E-state index contributed by atoms with van der Waals surface area (Å²) in [6.07, 6.45) is -3.79. The van der Waals surface area contributed by atoms with Crippen molar-refractivity contribution in [2.24, 2.45) is 46.3 Å². The molecule has 0 spiro atoms. The van der Waals surface area contributed by atoms with Crippen LogP contribution in [0.1, 0.15) is 92.4 Å². The zero-order chi connectivity index (χ0) is 37.9. The Morgan fingerprint density at radius 3 is 2.19 bits per heavy atom. The summed E-state index contributed by atoms with van der Waals surface area (Å²) in [6, 6.07) is 0. The van der Waals surface area contributed by atoms with Gasteiger partial charge in [-0.2, -0.15) is 0 Å². The van der Waals surface area contributed by atoms with E-state index in [0.29, 0.717) is 25.7 Å². The highest BCUT2D eigenvalue weighted by atomic mass is 16.7. The van der Waals surface area contributed by atoms with Crippen LogP contribution in [0.3, 0.4) is 0 Å². The van der Waals surface area contributed by atoms with E-state index >= 15 is 0 Å². The van der Waals surface area contributed by atoms with Crippen molar-refractivity contribution >= 4 is 0 Å². The van der Waals surface area contributed by atoms with Crippen molar-refractivity contribution in [3.05, 3.63) is 0 Å². The highest BCUT2D eigenvalue weighted by Crippen LogP contribution is 2.69. The Balaban J connectivity index is 1.06. The third-order valence-corrected chi connectivity index (χ3v) is 15.1. The summed E-state index contributed by atoms with van der Waals surface area (Å²) in [7, 11) is 2.92. The molecule has 13 heteroatoms. The van der Waals surface area contributed by atoms with Gasteiger partial charge < -0.3 is 64.2 Å². The molecule has 0 aromatic heterocycles. The molecule has 0 aromatic carbocycles. The molecule has 52 heavy (non-hydrogen) atoms. The van der Waals surface area contributed by atoms with Crippen LogP contribution in [-0.4, -0.2) is 142 Å². The van der Waals surface area contributed by atoms with E-state index in [2.05, 4.69) is 34.6 Å². The smallest absolute Gasteiger partial charge is 0.186 e. The summed E-state index contributed by atoms with van der Waals surface area (Å²) in [6.45, 7) is 10.7. The Bertz CT molecular complexity index is 1190. The fourth-order valence-corrected chi connectivity index (χ4v) is 12.3. The van der Waals surface area contributed by atoms with Crippen molar-refractivity contribution in [2.75, 3.05) is 27.4 Å². The van der Waals surface area contributed by atoms with Crippen molar-refractivity contribution in [3.8, 4) is 0 Å². The second-order valence-corrected chi connectivity index (χ2v) is 18.3. The molecule has 302 valence electrons. The molecule has 7 N–H and O–H groups in total. The van der Waals surface area contributed by atoms with E-state index in [1.54, 1.807) is 0 Å². The topological polar surface area (TPSA) is 197 Å². The van der Waals surface area contributed by atoms with Crippen LogP contribution >= 0.6 is 0 Å². The van der Waals surface area contributed by atoms with Gasteiger partial charge in [-0.3, -0.25) is 0 Å². The van der Waals surface area contributed by atoms with Gasteiger partial charge in [0.25, 0.3) is 0 Å². The van der Waals surface area contributed by atoms with E-state index in [9.17, 15) is 35.7 Å². The molecule has 3 unspecified atom stereocenters. The first-order valence-electron chi connectivity index (χ1n) is 19.9. The fraction of sp³-hybridized carbons (Fsp3) is 1.00. The van der Waals surface area contributed by atoms with E-state index in [1.807, 2.05) is 0 Å². The maximum atomic E-state index is 12.6. The van der Waals surface area contributed by atoms with Gasteiger partial charge in [0, 0.05) is 26.6 Å². The molecule has 20 atom stereocenters. The number of rotatable bonds is 12. The van der Waals surface area contributed by atoms with Gasteiger partial charge in [-0.05, 0) is 91.8 Å². The lowest BCUT2D eigenvalue weighted by Gasteiger charge is -2.66. The van der Waals surface area contributed by atoms with E-state index in [-0.39, 0.29) is 72.1 Å². The van der Waals surface area contributed by atoms with Crippen LogP contribution in [-0.2, 0) is 28.4 Å². The maximum Gasteiger partial charge on any atom is 0.186 e. The Morgan fingerprint density at radius 1 is 0.808 bits per heavy atom. The molecule has 6 fully saturated rings. The SMILES string of the molecule is CO[C@@H]1[C@@H](OC[C@H]2O[C@H](O[C@@H](CC[C@@H](C)[C@H]3C[C@@H](O)C4[C@]5(O)C[C@H](O)C6C[C@@H](O)CC[C@]6(C)C5CC[C@@]43C)C(C)C)[C@@H](O)[C@@H]2O)OC[C@H](OC)[C@H]1O. The van der Waals surface area contributed by atoms with Gasteiger partial charge in [0.1, 0.15) is 36.6 Å². The second kappa shape index (κ2) is 15.8. The summed E-state index contributed by atoms with van der Waals surface area (Å²) >= 11 is 0. The van der Waals surface area contributed by atoms with Gasteiger partial charge in [0.05, 0.1) is 43.2 Å². The van der Waals surface area contributed by atoms with Gasteiger partial charge in [-0.15, -0.1) is 0 Å². The van der Waals surface area contributed by atoms with Gasteiger partial charge >= 0.3 is 0 Å². The standard InChI is InChI=1S/C39H68O13/c1-19(2)26(51-35-32(45)30(43)28(52-35)18-50-36-33(48-7)31(44)27(47-6)17-49-36)9-8-20(3)22-15-24(41)34-38(22,5)13-11-29-37(4)12-10-21(40)14-23(37)25(42)16-39(29,34)46/h19-36,40-46H,8-18H2,1-7H3/t20-,21+,22-,23?,24-,25+,26+,27+,28-,29?,30-,31-,32+,33+,34?,35+,36-,37+,38-,39+/m1/s1. The number of aliphatic hydroxyl groups is 7. The lowest BCUT2D eigenvalue weighted by molar-refractivity contribution is -0.287. The molecule has 0 bridgehead atoms. The Labute approximate surface area is 309 Å². The summed E-state index contributed by atoms with van der Waals surface area (Å²) in [5.41, 5.74) is -1.76. The largest absolute Gasteiger partial charge is 0.393 e. The Kier molecular flexibility index (Phi) is 12.5. The molecule has 0 radical (unpaired) electrons. The number of ether oxygens (including phenoxy) is 6. The molecule has 13 nitrogen and oxygen atoms in total. The molecule has 0 aromatic rings. The summed E-state index contributed by atoms with van der Waals surface area (Å²) in [5, 5.41) is 78.6. The fourth-order valence-electron chi connectivity index (χ4n) is 12.3. The molecule has 4 saturated carbocycles. The van der Waals surface area contributed by atoms with Crippen molar-refractivity contribution in [2.45, 2.75) is 172 Å². The van der Waals surface area contributed by atoms with Crippen molar-refractivity contribution < 1.29 is 64.2 Å². The van der Waals surface area contributed by atoms with Gasteiger partial charge in [0.2, 0.25) is 0 Å². The zero-order valence-corrected chi connectivity index (χ0v) is 32.3. The second-order valence-electron chi connectivity index (χ2n) is 18.3. The molecule has 6 rings (SSSR count). The molecule has 6 aliphatic rings. The Hall–Kier alpha value is -0.520. The zero-order valence-electron chi connectivity index (χ0n) is 32.3. The summed E-state index contributed by atoms with van der Waals surface area (Å²) < 4.78 is 34.6. The quantitative estimate of drug-likeness (QED) is 0.153. The number of methoxy groups -OCH3 is 2. The number of hydrogen-bond donors (Lipinski definition) is 7. The number of aliphatic hydroxyl groups excluding tert-OH is 6. The van der Waals surface area contributed by atoms with Crippen molar-refractivity contribution in [1.29, 1.82) is 0 Å². The van der Waals surface area contributed by atoms with Crippen LogP contribution in [0.25, 0.3) is 0 Å². The normalized spacial score (nSPS) is 51.9. The monoisotopic (exact) mass is 744 g/mol. The minimum Gasteiger partial charge on any atom is -0.393 e. The third-order valence-electron chi connectivity index (χ3n) is 15.1. The first-order valence-corrected chi connectivity index (χ1v) is 19.9. The predicted molar refractivity (Wildman–Crippen MR) is 188 cm³/mol. The molecule has 2 heterocycles. The summed E-state index contributed by atoms with van der Waals surface area (Å²) in [5.74, 6) is 0.0285. The maximum absolute atomic E-state index is 12.6. The number of fused-ring (bicyclic) bond motifs is 5. The van der Waals surface area contributed by atoms with E-state index in [1.165, 1.54) is 14.2 Å². The first kappa shape index (κ1) is 41.1. The first-order chi connectivity index (χ1) is 24.5. The van der Waals surface area contributed by atoms with Gasteiger partial charge in [-0.25, -0.2) is 0 Å². The minimum atomic E-state index is -1.29. The molecule has 0 amide bonds. The predicted octanol–water partition coefficient (Wildman–Crippen LogP) is 1.73. The molecule has 4 aliphatic carbocycles. The van der Waals surface area contributed by atoms with Crippen LogP contribution in [0.4, 0.5) is 0 Å². The Morgan fingerprint density at radius 2 is 1.52 bits per heavy atom. The lowest BCUT2D eigenvalue weighted by Crippen LogP contribution is -2.68. The van der Waals surface area contributed by atoms with Crippen LogP contribution in [0, 0.1) is 46.3 Å². The third kappa shape index (κ3) is 7.16. The molecular weight excluding hydrogens is 676 g/mol. The lowest BCUT2D eigenvalue weighted by atomic mass is 9.42. The van der Waals surface area contributed by atoms with E-state index in [0.717, 1.165) is 25.7 Å². The van der Waals surface area contributed by atoms with Crippen LogP contribution in [0.5, 0.6) is 0 Å². The van der Waals surface area contributed by atoms with E-state index < -0.39 is 73.1 Å². The molecule has 2 aliphatic heterocycles.